The predicted octanol–water partition coefficient (Wildman–Crippen LogP) is 8.13. The van der Waals surface area contributed by atoms with E-state index in [-0.39, 0.29) is 22.0 Å². The van der Waals surface area contributed by atoms with Crippen molar-refractivity contribution in [2.24, 2.45) is 0 Å². The lowest BCUT2D eigenvalue weighted by Gasteiger charge is -2.28. The summed E-state index contributed by atoms with van der Waals surface area (Å²) in [5, 5.41) is 42.0. The molecular weight excluding hydrogens is 532 g/mol. The summed E-state index contributed by atoms with van der Waals surface area (Å²) in [6.45, 7) is 23.1. The van der Waals surface area contributed by atoms with Gasteiger partial charge >= 0.3 is 0 Å². The summed E-state index contributed by atoms with van der Waals surface area (Å²) in [4.78, 5) is -0.859. The van der Waals surface area contributed by atoms with Crippen molar-refractivity contribution in [2.75, 3.05) is 0 Å². The molecule has 2 aromatic rings. The van der Waals surface area contributed by atoms with Gasteiger partial charge in [-0.3, -0.25) is 0 Å². The van der Waals surface area contributed by atoms with E-state index in [2.05, 4.69) is 0 Å². The maximum Gasteiger partial charge on any atom is 0.217 e. The van der Waals surface area contributed by atoms with Gasteiger partial charge in [0.15, 0.2) is 0 Å². The number of hydrogen-bond acceptors (Lipinski definition) is 6. The van der Waals surface area contributed by atoms with E-state index >= 15 is 0 Å². The fraction of sp³-hybridized carbons (Fsp3) is 0.471. The first-order valence-corrected chi connectivity index (χ1v) is 15.1. The van der Waals surface area contributed by atoms with Gasteiger partial charge in [0, 0.05) is 28.3 Å². The Morgan fingerprint density at radius 1 is 0.683 bits per heavy atom. The standard InChI is InChI=1S/C34H44N2O4S/c1-31(2,3)24-16-21(17-25(29(24)37)32(4,5)6)15-23(20-36)41(39,40)28(13-14-35)22-18-26(33(7,8)9)30(38)27(19-22)34(10,11)12/h13,15-19,37-38H,1-12H3/b23-15+,28-13?. The number of aromatic hydroxyl groups is 2. The van der Waals surface area contributed by atoms with E-state index < -0.39 is 36.4 Å². The van der Waals surface area contributed by atoms with Crippen LogP contribution in [-0.4, -0.2) is 18.6 Å². The van der Waals surface area contributed by atoms with Crippen molar-refractivity contribution >= 4 is 20.8 Å². The monoisotopic (exact) mass is 576 g/mol. The summed E-state index contributed by atoms with van der Waals surface area (Å²) in [5.41, 5.74) is 1.01. The van der Waals surface area contributed by atoms with Crippen LogP contribution in [0.4, 0.5) is 0 Å². The van der Waals surface area contributed by atoms with E-state index in [0.717, 1.165) is 6.08 Å². The number of benzene rings is 2. The Labute approximate surface area is 246 Å². The molecule has 0 aliphatic carbocycles. The number of nitrogens with zero attached hydrogens (tertiary/aromatic N) is 2. The molecule has 0 atom stereocenters. The minimum atomic E-state index is -4.48. The Morgan fingerprint density at radius 3 is 1.32 bits per heavy atom. The summed E-state index contributed by atoms with van der Waals surface area (Å²) >= 11 is 0. The van der Waals surface area contributed by atoms with Crippen LogP contribution < -0.4 is 0 Å². The molecule has 0 aliphatic heterocycles. The van der Waals surface area contributed by atoms with Gasteiger partial charge in [-0.2, -0.15) is 10.5 Å². The van der Waals surface area contributed by atoms with Crippen LogP contribution in [0.15, 0.2) is 35.2 Å². The molecule has 6 nitrogen and oxygen atoms in total. The molecule has 0 bridgehead atoms. The number of hydrogen-bond donors (Lipinski definition) is 2. The Morgan fingerprint density at radius 2 is 1.02 bits per heavy atom. The number of allylic oxidation sites excluding steroid dienone is 2. The molecule has 7 heteroatoms. The predicted molar refractivity (Wildman–Crippen MR) is 167 cm³/mol. The highest BCUT2D eigenvalue weighted by atomic mass is 32.2. The number of nitriles is 2. The van der Waals surface area contributed by atoms with Crippen molar-refractivity contribution in [1.82, 2.24) is 0 Å². The number of sulfone groups is 1. The fourth-order valence-corrected chi connectivity index (χ4v) is 5.90. The summed E-state index contributed by atoms with van der Waals surface area (Å²) in [6.07, 6.45) is 2.23. The molecule has 0 fully saturated rings. The van der Waals surface area contributed by atoms with Crippen molar-refractivity contribution in [3.05, 3.63) is 68.6 Å². The fourth-order valence-electron chi connectivity index (χ4n) is 4.62. The average Bonchev–Trinajstić information content (AvgIpc) is 2.78. The molecule has 0 saturated carbocycles. The molecule has 2 N–H and O–H groups in total. The lowest BCUT2D eigenvalue weighted by molar-refractivity contribution is 0.422. The smallest absolute Gasteiger partial charge is 0.217 e. The first-order chi connectivity index (χ1) is 18.4. The second-order valence-electron chi connectivity index (χ2n) is 14.6. The van der Waals surface area contributed by atoms with Crippen LogP contribution >= 0.6 is 0 Å². The summed E-state index contributed by atoms with van der Waals surface area (Å²) < 4.78 is 28.1. The summed E-state index contributed by atoms with van der Waals surface area (Å²) in [7, 11) is -4.48. The lowest BCUT2D eigenvalue weighted by Crippen LogP contribution is -2.18. The highest BCUT2D eigenvalue weighted by Crippen LogP contribution is 2.43. The number of phenols is 2. The minimum absolute atomic E-state index is 0.0759. The van der Waals surface area contributed by atoms with Gasteiger partial charge in [-0.15, -0.1) is 0 Å². The third-order valence-corrected chi connectivity index (χ3v) is 8.66. The zero-order valence-electron chi connectivity index (χ0n) is 26.5. The summed E-state index contributed by atoms with van der Waals surface area (Å²) in [6, 6.07) is 10.2. The Balaban J connectivity index is 2.96. The zero-order valence-corrected chi connectivity index (χ0v) is 27.3. The van der Waals surface area contributed by atoms with Crippen molar-refractivity contribution < 1.29 is 18.6 Å². The molecule has 0 aromatic heterocycles. The number of phenolic OH excluding ortho intramolecular Hbond substituents is 2. The SMILES string of the molecule is CC(C)(C)c1cc(/C=C(\C#N)S(=O)(=O)C(=CC#N)c2cc(C(C)(C)C)c(O)c(C(C)(C)C)c2)cc(C(C)(C)C)c1O. The van der Waals surface area contributed by atoms with E-state index in [1.54, 1.807) is 24.3 Å². The zero-order chi connectivity index (χ0) is 31.9. The third kappa shape index (κ3) is 7.21. The molecule has 0 amide bonds. The minimum Gasteiger partial charge on any atom is -0.507 e. The van der Waals surface area contributed by atoms with Crippen molar-refractivity contribution in [2.45, 2.75) is 105 Å². The van der Waals surface area contributed by atoms with Gasteiger partial charge in [-0.25, -0.2) is 8.42 Å². The topological polar surface area (TPSA) is 122 Å². The molecular formula is C34H44N2O4S. The van der Waals surface area contributed by atoms with E-state index in [1.165, 1.54) is 6.08 Å². The molecule has 0 saturated heterocycles. The van der Waals surface area contributed by atoms with Crippen LogP contribution in [0.25, 0.3) is 11.0 Å². The Bertz CT molecular complexity index is 1530. The van der Waals surface area contributed by atoms with Crippen molar-refractivity contribution in [3.63, 3.8) is 0 Å². The normalized spacial score (nSPS) is 14.0. The van der Waals surface area contributed by atoms with Crippen molar-refractivity contribution in [3.8, 4) is 23.6 Å². The van der Waals surface area contributed by atoms with Crippen molar-refractivity contribution in [1.29, 1.82) is 10.5 Å². The van der Waals surface area contributed by atoms with E-state index in [9.17, 15) is 29.2 Å². The van der Waals surface area contributed by atoms with Gasteiger partial charge in [0.2, 0.25) is 9.84 Å². The lowest BCUT2D eigenvalue weighted by atomic mass is 9.78. The van der Waals surface area contributed by atoms with Gasteiger partial charge in [-0.1, -0.05) is 83.1 Å². The van der Waals surface area contributed by atoms with Crippen LogP contribution in [0, 0.1) is 22.7 Å². The van der Waals surface area contributed by atoms with Crippen LogP contribution in [0.1, 0.15) is 116 Å². The molecule has 0 unspecified atom stereocenters. The van der Waals surface area contributed by atoms with Gasteiger partial charge in [0.25, 0.3) is 0 Å². The molecule has 0 heterocycles. The molecule has 220 valence electrons. The second-order valence-corrected chi connectivity index (χ2v) is 16.5. The van der Waals surface area contributed by atoms with E-state index in [4.69, 9.17) is 0 Å². The molecule has 2 rings (SSSR count). The van der Waals surface area contributed by atoms with Gasteiger partial charge < -0.3 is 10.2 Å². The number of rotatable bonds is 4. The summed E-state index contributed by atoms with van der Waals surface area (Å²) in [5.74, 6) is 0.217. The van der Waals surface area contributed by atoms with Gasteiger partial charge in [0.1, 0.15) is 22.5 Å². The van der Waals surface area contributed by atoms with Gasteiger partial charge in [0.05, 0.1) is 11.0 Å². The van der Waals surface area contributed by atoms with E-state index in [1.807, 2.05) is 95.2 Å². The highest BCUT2D eigenvalue weighted by molar-refractivity contribution is 8.04. The molecule has 0 spiro atoms. The third-order valence-electron chi connectivity index (χ3n) is 6.94. The molecule has 0 aliphatic rings. The molecule has 0 radical (unpaired) electrons. The Kier molecular flexibility index (Phi) is 9.05. The Hall–Kier alpha value is -3.55. The average molecular weight is 577 g/mol. The highest BCUT2D eigenvalue weighted by Gasteiger charge is 2.32. The van der Waals surface area contributed by atoms with E-state index in [0.29, 0.717) is 27.8 Å². The van der Waals surface area contributed by atoms with Crippen LogP contribution in [-0.2, 0) is 31.5 Å². The molecule has 2 aromatic carbocycles. The first-order valence-electron chi connectivity index (χ1n) is 13.6. The van der Waals surface area contributed by atoms with Crippen LogP contribution in [0.5, 0.6) is 11.5 Å². The van der Waals surface area contributed by atoms with Crippen LogP contribution in [0.3, 0.4) is 0 Å². The first kappa shape index (κ1) is 33.7. The maximum atomic E-state index is 14.1. The van der Waals surface area contributed by atoms with Crippen LogP contribution in [0.2, 0.25) is 0 Å². The van der Waals surface area contributed by atoms with Gasteiger partial charge in [-0.05, 0) is 63.1 Å². The quantitative estimate of drug-likeness (QED) is 0.354. The largest absolute Gasteiger partial charge is 0.507 e. The second kappa shape index (κ2) is 11.0. The maximum absolute atomic E-state index is 14.1. The molecule has 41 heavy (non-hydrogen) atoms.